The number of para-hydroxylation sites is 1. The Morgan fingerprint density at radius 1 is 1.31 bits per heavy atom. The van der Waals surface area contributed by atoms with Gasteiger partial charge in [0, 0.05) is 11.2 Å². The van der Waals surface area contributed by atoms with Crippen molar-refractivity contribution in [2.24, 2.45) is 0 Å². The van der Waals surface area contributed by atoms with Gasteiger partial charge >= 0.3 is 5.97 Å². The van der Waals surface area contributed by atoms with Gasteiger partial charge in [0.25, 0.3) is 0 Å². The van der Waals surface area contributed by atoms with Gasteiger partial charge in [-0.15, -0.1) is 0 Å². The van der Waals surface area contributed by atoms with Crippen LogP contribution >= 0.6 is 0 Å². The Labute approximate surface area is 75.0 Å². The molecule has 1 N–H and O–H groups in total. The van der Waals surface area contributed by atoms with Crippen molar-refractivity contribution in [3.8, 4) is 0 Å². The number of hydrogen-bond acceptors (Lipinski definition) is 1. The number of hydrogen-bond donors (Lipinski definition) is 1. The molecule has 1 heterocycles. The highest BCUT2D eigenvalue weighted by molar-refractivity contribution is 5.81. The van der Waals surface area contributed by atoms with Gasteiger partial charge in [0.1, 0.15) is 0 Å². The van der Waals surface area contributed by atoms with Crippen LogP contribution in [0.1, 0.15) is 5.69 Å². The minimum Gasteiger partial charge on any atom is -0.358 e. The molecule has 0 saturated carbocycles. The van der Waals surface area contributed by atoms with Gasteiger partial charge in [-0.05, 0) is 17.5 Å². The minimum absolute atomic E-state index is 0.0608. The van der Waals surface area contributed by atoms with Crippen molar-refractivity contribution < 1.29 is 9.90 Å². The van der Waals surface area contributed by atoms with Crippen LogP contribution in [-0.4, -0.2) is 11.0 Å². The number of aromatic amines is 1. The summed E-state index contributed by atoms with van der Waals surface area (Å²) < 4.78 is 0. The molecule has 3 heteroatoms. The molecule has 0 aliphatic rings. The van der Waals surface area contributed by atoms with Gasteiger partial charge in [-0.3, -0.25) is 0 Å². The third-order valence-electron chi connectivity index (χ3n) is 1.92. The molecule has 0 aliphatic heterocycles. The third-order valence-corrected chi connectivity index (χ3v) is 1.92. The molecule has 2 rings (SSSR count). The molecule has 2 aromatic rings. The molecule has 1 aromatic heterocycles. The van der Waals surface area contributed by atoms with Crippen molar-refractivity contribution in [2.75, 3.05) is 0 Å². The number of fused-ring (bicyclic) bond motifs is 1. The Bertz CT molecular complexity index is 412. The number of benzene rings is 1. The average Bonchev–Trinajstić information content (AvgIpc) is 2.44. The molecule has 1 radical (unpaired) electrons. The van der Waals surface area contributed by atoms with Crippen molar-refractivity contribution in [1.29, 1.82) is 0 Å². The van der Waals surface area contributed by atoms with E-state index in [0.717, 1.165) is 10.9 Å². The number of nitrogens with one attached hydrogen (secondary N) is 1. The highest BCUT2D eigenvalue weighted by Gasteiger charge is 2.05. The molecule has 0 atom stereocenters. The van der Waals surface area contributed by atoms with E-state index >= 15 is 0 Å². The molecule has 0 bridgehead atoms. The molecule has 3 nitrogen and oxygen atoms in total. The zero-order valence-corrected chi connectivity index (χ0v) is 6.91. The van der Waals surface area contributed by atoms with Crippen LogP contribution in [0.25, 0.3) is 10.9 Å². The van der Waals surface area contributed by atoms with Gasteiger partial charge in [-0.2, -0.15) is 0 Å². The van der Waals surface area contributed by atoms with E-state index < -0.39 is 5.97 Å². The van der Waals surface area contributed by atoms with Crippen LogP contribution in [0.3, 0.4) is 0 Å². The fourth-order valence-corrected chi connectivity index (χ4v) is 1.38. The topological polar surface area (TPSA) is 52.8 Å². The zero-order valence-electron chi connectivity index (χ0n) is 6.91. The molecule has 0 unspecified atom stereocenters. The van der Waals surface area contributed by atoms with Gasteiger partial charge in [0.15, 0.2) is 0 Å². The lowest BCUT2D eigenvalue weighted by Crippen LogP contribution is -1.97. The Morgan fingerprint density at radius 3 is 2.77 bits per heavy atom. The smallest absolute Gasteiger partial charge is 0.358 e. The number of carbonyl (C=O) groups excluding carboxylic acids is 1. The lowest BCUT2D eigenvalue weighted by molar-refractivity contribution is -0.142. The molecular formula is C10H8NO2. The van der Waals surface area contributed by atoms with E-state index in [9.17, 15) is 9.90 Å². The van der Waals surface area contributed by atoms with E-state index in [1.807, 2.05) is 30.3 Å². The fraction of sp³-hybridized carbons (Fsp3) is 0.100. The van der Waals surface area contributed by atoms with Crippen molar-refractivity contribution >= 4 is 16.9 Å². The molecule has 0 amide bonds. The summed E-state index contributed by atoms with van der Waals surface area (Å²) in [4.78, 5) is 13.3. The SMILES string of the molecule is [O]C(=O)Cc1cc2ccccc2[nH]1. The van der Waals surface area contributed by atoms with E-state index in [4.69, 9.17) is 0 Å². The summed E-state index contributed by atoms with van der Waals surface area (Å²) in [6.45, 7) is 0. The minimum atomic E-state index is -1.06. The number of aromatic nitrogens is 1. The van der Waals surface area contributed by atoms with Gasteiger partial charge in [0.05, 0.1) is 6.42 Å². The number of carbonyl (C=O) groups is 1. The molecule has 0 spiro atoms. The quantitative estimate of drug-likeness (QED) is 0.739. The van der Waals surface area contributed by atoms with Crippen molar-refractivity contribution in [3.05, 3.63) is 36.0 Å². The van der Waals surface area contributed by atoms with Crippen LogP contribution in [0.15, 0.2) is 30.3 Å². The van der Waals surface area contributed by atoms with Crippen LogP contribution in [0.4, 0.5) is 0 Å². The van der Waals surface area contributed by atoms with Crippen LogP contribution in [-0.2, 0) is 16.3 Å². The highest BCUT2D eigenvalue weighted by Crippen LogP contribution is 2.14. The van der Waals surface area contributed by atoms with Gasteiger partial charge in [-0.1, -0.05) is 18.2 Å². The lowest BCUT2D eigenvalue weighted by atomic mass is 10.2. The van der Waals surface area contributed by atoms with E-state index in [1.165, 1.54) is 0 Å². The monoisotopic (exact) mass is 174 g/mol. The van der Waals surface area contributed by atoms with E-state index in [2.05, 4.69) is 4.98 Å². The Hall–Kier alpha value is -1.77. The molecule has 1 aromatic carbocycles. The predicted molar refractivity (Wildman–Crippen MR) is 47.7 cm³/mol. The van der Waals surface area contributed by atoms with E-state index in [1.54, 1.807) is 0 Å². The first-order chi connectivity index (χ1) is 6.25. The summed E-state index contributed by atoms with van der Waals surface area (Å²) in [5.74, 6) is -1.06. The van der Waals surface area contributed by atoms with E-state index in [-0.39, 0.29) is 6.42 Å². The molecule has 65 valence electrons. The fourth-order valence-electron chi connectivity index (χ4n) is 1.38. The van der Waals surface area contributed by atoms with Crippen molar-refractivity contribution in [1.82, 2.24) is 4.98 Å². The largest absolute Gasteiger partial charge is 0.361 e. The number of rotatable bonds is 2. The summed E-state index contributed by atoms with van der Waals surface area (Å²) >= 11 is 0. The summed E-state index contributed by atoms with van der Waals surface area (Å²) in [7, 11) is 0. The summed E-state index contributed by atoms with van der Waals surface area (Å²) in [5, 5.41) is 11.3. The first kappa shape index (κ1) is 7.86. The third kappa shape index (κ3) is 1.54. The Balaban J connectivity index is 2.44. The zero-order chi connectivity index (χ0) is 9.26. The maximum absolute atomic E-state index is 10.3. The van der Waals surface area contributed by atoms with Crippen molar-refractivity contribution in [3.63, 3.8) is 0 Å². The van der Waals surface area contributed by atoms with Crippen LogP contribution in [0.2, 0.25) is 0 Å². The molecular weight excluding hydrogens is 166 g/mol. The van der Waals surface area contributed by atoms with Crippen LogP contribution in [0, 0.1) is 0 Å². The Morgan fingerprint density at radius 2 is 2.08 bits per heavy atom. The standard InChI is InChI=1S/C10H8NO2/c12-10(13)6-8-5-7-3-1-2-4-9(7)11-8/h1-5,11H,6H2. The molecule has 0 aliphatic carbocycles. The second-order valence-corrected chi connectivity index (χ2v) is 2.93. The molecule has 0 fully saturated rings. The van der Waals surface area contributed by atoms with Gasteiger partial charge < -0.3 is 4.98 Å². The lowest BCUT2D eigenvalue weighted by Gasteiger charge is -1.86. The predicted octanol–water partition coefficient (Wildman–Crippen LogP) is 1.67. The maximum atomic E-state index is 10.3. The molecule has 0 saturated heterocycles. The summed E-state index contributed by atoms with van der Waals surface area (Å²) in [6, 6.07) is 9.49. The first-order valence-electron chi connectivity index (χ1n) is 4.02. The number of H-pyrrole nitrogens is 1. The summed E-state index contributed by atoms with van der Waals surface area (Å²) in [6.07, 6.45) is -0.0608. The normalized spacial score (nSPS) is 10.5. The van der Waals surface area contributed by atoms with E-state index in [0.29, 0.717) is 5.69 Å². The Kier molecular flexibility index (Phi) is 1.77. The van der Waals surface area contributed by atoms with Crippen LogP contribution in [0.5, 0.6) is 0 Å². The highest BCUT2D eigenvalue weighted by atomic mass is 16.4. The van der Waals surface area contributed by atoms with Gasteiger partial charge in [0.2, 0.25) is 0 Å². The molecule has 13 heavy (non-hydrogen) atoms. The second-order valence-electron chi connectivity index (χ2n) is 2.93. The maximum Gasteiger partial charge on any atom is 0.361 e. The second kappa shape index (κ2) is 2.94. The average molecular weight is 174 g/mol. The van der Waals surface area contributed by atoms with Crippen LogP contribution < -0.4 is 0 Å². The van der Waals surface area contributed by atoms with Crippen molar-refractivity contribution in [2.45, 2.75) is 6.42 Å². The van der Waals surface area contributed by atoms with Gasteiger partial charge in [-0.25, -0.2) is 9.90 Å². The first-order valence-corrected chi connectivity index (χ1v) is 4.02. The summed E-state index contributed by atoms with van der Waals surface area (Å²) in [5.41, 5.74) is 1.64.